The molecule has 186 valence electrons. The van der Waals surface area contributed by atoms with Gasteiger partial charge in [0, 0.05) is 17.6 Å². The highest BCUT2D eigenvalue weighted by atomic mass is 79.9. The van der Waals surface area contributed by atoms with E-state index in [0.29, 0.717) is 6.04 Å². The zero-order valence-corrected chi connectivity index (χ0v) is 22.4. The van der Waals surface area contributed by atoms with Crippen molar-refractivity contribution >= 4 is 21.8 Å². The SMILES string of the molecule is CCC(OC)C(=O)NC1CCC(CCCN2CCC(Cc3cc(OC)ccc3Br)CC2)CC1. The zero-order chi connectivity index (χ0) is 23.6. The summed E-state index contributed by atoms with van der Waals surface area (Å²) in [5.41, 5.74) is 1.37. The molecular weight excluding hydrogens is 480 g/mol. The Kier molecular flexibility index (Phi) is 11.0. The standard InChI is InChI=1S/C27H43BrN2O3/c1-4-26(33-3)27(31)29-23-9-7-20(8-10-23)6-5-15-30-16-13-21(14-17-30)18-22-19-24(32-2)11-12-25(22)28/h11-12,19-21,23,26H,4-10,13-18H2,1-3H3,(H,29,31). The second kappa shape index (κ2) is 13.7. The first-order chi connectivity index (χ1) is 16.0. The van der Waals surface area contributed by atoms with Gasteiger partial charge in [-0.3, -0.25) is 4.79 Å². The number of nitrogens with one attached hydrogen (secondary N) is 1. The van der Waals surface area contributed by atoms with Crippen molar-refractivity contribution in [1.29, 1.82) is 0 Å². The van der Waals surface area contributed by atoms with Gasteiger partial charge in [0.2, 0.25) is 5.91 Å². The molecule has 5 nitrogen and oxygen atoms in total. The molecule has 1 atom stereocenters. The summed E-state index contributed by atoms with van der Waals surface area (Å²) in [6.07, 6.45) is 11.5. The van der Waals surface area contributed by atoms with Gasteiger partial charge >= 0.3 is 0 Å². The Morgan fingerprint density at radius 1 is 1.12 bits per heavy atom. The lowest BCUT2D eigenvalue weighted by Crippen LogP contribution is -2.43. The van der Waals surface area contributed by atoms with Crippen LogP contribution in [-0.2, 0) is 16.0 Å². The highest BCUT2D eigenvalue weighted by Gasteiger charge is 2.25. The number of likely N-dealkylation sites (tertiary alicyclic amines) is 1. The van der Waals surface area contributed by atoms with Crippen LogP contribution in [0.3, 0.4) is 0 Å². The van der Waals surface area contributed by atoms with Gasteiger partial charge < -0.3 is 19.7 Å². The third kappa shape index (κ3) is 8.25. The first kappa shape index (κ1) is 26.5. The van der Waals surface area contributed by atoms with Crippen LogP contribution in [0.15, 0.2) is 22.7 Å². The Balaban J connectivity index is 1.29. The average molecular weight is 524 g/mol. The summed E-state index contributed by atoms with van der Waals surface area (Å²) in [7, 11) is 3.35. The topological polar surface area (TPSA) is 50.8 Å². The van der Waals surface area contributed by atoms with Crippen LogP contribution in [0.25, 0.3) is 0 Å². The van der Waals surface area contributed by atoms with Crippen LogP contribution in [0, 0.1) is 11.8 Å². The van der Waals surface area contributed by atoms with Gasteiger partial charge in [0.15, 0.2) is 0 Å². The van der Waals surface area contributed by atoms with E-state index in [9.17, 15) is 4.79 Å². The number of hydrogen-bond donors (Lipinski definition) is 1. The fourth-order valence-corrected chi connectivity index (χ4v) is 5.92. The molecule has 6 heteroatoms. The van der Waals surface area contributed by atoms with Gasteiger partial charge in [-0.05, 0) is 119 Å². The minimum atomic E-state index is -0.302. The van der Waals surface area contributed by atoms with E-state index >= 15 is 0 Å². The van der Waals surface area contributed by atoms with Crippen LogP contribution in [-0.4, -0.2) is 56.8 Å². The van der Waals surface area contributed by atoms with E-state index in [1.807, 2.05) is 13.0 Å². The number of benzene rings is 1. The van der Waals surface area contributed by atoms with Gasteiger partial charge in [0.1, 0.15) is 11.9 Å². The molecule has 2 fully saturated rings. The second-order valence-electron chi connectivity index (χ2n) is 9.95. The maximum atomic E-state index is 12.2. The van der Waals surface area contributed by atoms with E-state index < -0.39 is 0 Å². The minimum absolute atomic E-state index is 0.0608. The predicted octanol–water partition coefficient (Wildman–Crippen LogP) is 5.59. The number of carbonyl (C=O) groups excluding carboxylic acids is 1. The number of piperidine rings is 1. The van der Waals surface area contributed by atoms with Crippen LogP contribution >= 0.6 is 15.9 Å². The molecule has 1 aromatic carbocycles. The molecule has 1 heterocycles. The summed E-state index contributed by atoms with van der Waals surface area (Å²) in [4.78, 5) is 14.9. The monoisotopic (exact) mass is 522 g/mol. The van der Waals surface area contributed by atoms with Crippen molar-refractivity contribution in [3.63, 3.8) is 0 Å². The number of hydrogen-bond acceptors (Lipinski definition) is 4. The predicted molar refractivity (Wildman–Crippen MR) is 138 cm³/mol. The molecule has 33 heavy (non-hydrogen) atoms. The summed E-state index contributed by atoms with van der Waals surface area (Å²) in [6.45, 7) is 5.68. The van der Waals surface area contributed by atoms with Crippen molar-refractivity contribution in [3.05, 3.63) is 28.2 Å². The zero-order valence-electron chi connectivity index (χ0n) is 20.8. The molecule has 1 saturated heterocycles. The molecule has 1 saturated carbocycles. The molecule has 1 aliphatic heterocycles. The summed E-state index contributed by atoms with van der Waals surface area (Å²) >= 11 is 3.71. The fourth-order valence-electron chi connectivity index (χ4n) is 5.51. The van der Waals surface area contributed by atoms with E-state index in [4.69, 9.17) is 9.47 Å². The van der Waals surface area contributed by atoms with Crippen LogP contribution in [0.4, 0.5) is 0 Å². The van der Waals surface area contributed by atoms with Crippen LogP contribution in [0.2, 0.25) is 0 Å². The molecule has 1 aliphatic carbocycles. The molecule has 1 aromatic rings. The van der Waals surface area contributed by atoms with E-state index in [-0.39, 0.29) is 12.0 Å². The normalized spacial score (nSPS) is 23.3. The number of amides is 1. The molecular formula is C27H43BrN2O3. The Hall–Kier alpha value is -1.11. The Morgan fingerprint density at radius 3 is 2.48 bits per heavy atom. The van der Waals surface area contributed by atoms with Crippen LogP contribution in [0.1, 0.15) is 70.3 Å². The Labute approximate surface area is 209 Å². The van der Waals surface area contributed by atoms with Crippen molar-refractivity contribution in [2.45, 2.75) is 83.3 Å². The molecule has 2 aliphatic rings. The molecule has 0 aromatic heterocycles. The van der Waals surface area contributed by atoms with Gasteiger partial charge in [-0.1, -0.05) is 22.9 Å². The van der Waals surface area contributed by atoms with Gasteiger partial charge in [0.05, 0.1) is 7.11 Å². The lowest BCUT2D eigenvalue weighted by atomic mass is 9.83. The van der Waals surface area contributed by atoms with Gasteiger partial charge in [-0.15, -0.1) is 0 Å². The fraction of sp³-hybridized carbons (Fsp3) is 0.741. The van der Waals surface area contributed by atoms with Crippen LogP contribution < -0.4 is 10.1 Å². The van der Waals surface area contributed by atoms with E-state index in [0.717, 1.165) is 43.3 Å². The van der Waals surface area contributed by atoms with Gasteiger partial charge in [-0.25, -0.2) is 0 Å². The summed E-state index contributed by atoms with van der Waals surface area (Å²) in [5, 5.41) is 3.20. The van der Waals surface area contributed by atoms with E-state index in [1.54, 1.807) is 14.2 Å². The van der Waals surface area contributed by atoms with Crippen molar-refractivity contribution < 1.29 is 14.3 Å². The van der Waals surface area contributed by atoms with Crippen molar-refractivity contribution in [2.75, 3.05) is 33.9 Å². The number of rotatable bonds is 11. The second-order valence-corrected chi connectivity index (χ2v) is 10.8. The van der Waals surface area contributed by atoms with E-state index in [2.05, 4.69) is 38.3 Å². The molecule has 1 amide bonds. The number of methoxy groups -OCH3 is 2. The molecule has 3 rings (SSSR count). The largest absolute Gasteiger partial charge is 0.497 e. The highest BCUT2D eigenvalue weighted by molar-refractivity contribution is 9.10. The summed E-state index contributed by atoms with van der Waals surface area (Å²) < 4.78 is 11.9. The van der Waals surface area contributed by atoms with E-state index in [1.165, 1.54) is 68.2 Å². The number of carbonyl (C=O) groups is 1. The lowest BCUT2D eigenvalue weighted by Gasteiger charge is -2.33. The summed E-state index contributed by atoms with van der Waals surface area (Å²) in [5.74, 6) is 2.60. The van der Waals surface area contributed by atoms with Crippen molar-refractivity contribution in [2.24, 2.45) is 11.8 Å². The number of halogens is 1. The first-order valence-corrected chi connectivity index (χ1v) is 13.7. The third-order valence-corrected chi connectivity index (χ3v) is 8.47. The van der Waals surface area contributed by atoms with Gasteiger partial charge in [-0.2, -0.15) is 0 Å². The number of ether oxygens (including phenoxy) is 2. The smallest absolute Gasteiger partial charge is 0.249 e. The minimum Gasteiger partial charge on any atom is -0.497 e. The van der Waals surface area contributed by atoms with Gasteiger partial charge in [0.25, 0.3) is 0 Å². The van der Waals surface area contributed by atoms with Crippen LogP contribution in [0.5, 0.6) is 5.75 Å². The molecule has 1 N–H and O–H groups in total. The Bertz CT molecular complexity index is 724. The summed E-state index contributed by atoms with van der Waals surface area (Å²) in [6, 6.07) is 6.63. The highest BCUT2D eigenvalue weighted by Crippen LogP contribution is 2.30. The average Bonchev–Trinajstić information content (AvgIpc) is 2.83. The molecule has 0 bridgehead atoms. The maximum Gasteiger partial charge on any atom is 0.249 e. The quantitative estimate of drug-likeness (QED) is 0.411. The first-order valence-electron chi connectivity index (χ1n) is 12.9. The lowest BCUT2D eigenvalue weighted by molar-refractivity contribution is -0.132. The number of nitrogens with zero attached hydrogens (tertiary/aromatic N) is 1. The molecule has 0 radical (unpaired) electrons. The molecule has 0 spiro atoms. The van der Waals surface area contributed by atoms with Crippen molar-refractivity contribution in [1.82, 2.24) is 10.2 Å². The molecule has 1 unspecified atom stereocenters. The maximum absolute atomic E-state index is 12.2. The Morgan fingerprint density at radius 2 is 1.85 bits per heavy atom. The third-order valence-electron chi connectivity index (χ3n) is 7.70. The van der Waals surface area contributed by atoms with Crippen molar-refractivity contribution in [3.8, 4) is 5.75 Å².